The van der Waals surface area contributed by atoms with Crippen molar-refractivity contribution in [1.29, 1.82) is 0 Å². The number of hydrogen-bond acceptors (Lipinski definition) is 2. The van der Waals surface area contributed by atoms with Gasteiger partial charge in [0.15, 0.2) is 0 Å². The molecule has 1 aliphatic heterocycles. The Morgan fingerprint density at radius 1 is 1.27 bits per heavy atom. The summed E-state index contributed by atoms with van der Waals surface area (Å²) in [6.07, 6.45) is 1.18. The molecule has 1 rings (SSSR count). The van der Waals surface area contributed by atoms with E-state index in [1.807, 2.05) is 17.3 Å². The smallest absolute Gasteiger partial charge is 0.0563 e. The molecule has 0 spiro atoms. The van der Waals surface area contributed by atoms with Crippen molar-refractivity contribution in [2.24, 2.45) is 10.4 Å². The lowest BCUT2D eigenvalue weighted by atomic mass is 9.82. The van der Waals surface area contributed by atoms with Crippen molar-refractivity contribution in [3.05, 3.63) is 0 Å². The van der Waals surface area contributed by atoms with Crippen LogP contribution < -0.4 is 0 Å². The first-order valence-electron chi connectivity index (χ1n) is 4.07. The normalized spacial score (nSPS) is 28.0. The van der Waals surface area contributed by atoms with Crippen LogP contribution in [0.4, 0.5) is 0 Å². The molecule has 0 fully saturated rings. The molecule has 0 aliphatic carbocycles. The molecule has 2 heteroatoms. The van der Waals surface area contributed by atoms with E-state index < -0.39 is 0 Å². The largest absolute Gasteiger partial charge is 0.280 e. The molecule has 0 saturated heterocycles. The van der Waals surface area contributed by atoms with E-state index in [2.05, 4.69) is 32.7 Å². The monoisotopic (exact) mass is 171 g/mol. The highest BCUT2D eigenvalue weighted by molar-refractivity contribution is 8.12. The highest BCUT2D eigenvalue weighted by Crippen LogP contribution is 2.35. The predicted molar refractivity (Wildman–Crippen MR) is 53.4 cm³/mol. The van der Waals surface area contributed by atoms with Gasteiger partial charge in [-0.2, -0.15) is 0 Å². The number of nitrogens with zero attached hydrogens (tertiary/aromatic N) is 1. The molecular weight excluding hydrogens is 154 g/mol. The average molecular weight is 171 g/mol. The standard InChI is InChI=1S/C9H17NS/c1-8(2)5-9(3,4)10-7-11-6-8/h7H,5-6H2,1-4H3. The van der Waals surface area contributed by atoms with Crippen LogP contribution in [-0.4, -0.2) is 16.8 Å². The molecule has 0 N–H and O–H groups in total. The van der Waals surface area contributed by atoms with E-state index in [0.717, 1.165) is 0 Å². The Bertz CT molecular complexity index is 170. The fourth-order valence-corrected chi connectivity index (χ4v) is 2.70. The zero-order chi connectivity index (χ0) is 8.54. The van der Waals surface area contributed by atoms with Crippen molar-refractivity contribution in [1.82, 2.24) is 0 Å². The van der Waals surface area contributed by atoms with Crippen LogP contribution in [0.15, 0.2) is 4.99 Å². The molecule has 0 radical (unpaired) electrons. The van der Waals surface area contributed by atoms with Gasteiger partial charge >= 0.3 is 0 Å². The van der Waals surface area contributed by atoms with Gasteiger partial charge in [-0.3, -0.25) is 4.99 Å². The van der Waals surface area contributed by atoms with Gasteiger partial charge in [0.1, 0.15) is 0 Å². The highest BCUT2D eigenvalue weighted by atomic mass is 32.2. The molecule has 0 saturated carbocycles. The van der Waals surface area contributed by atoms with E-state index in [-0.39, 0.29) is 5.54 Å². The maximum Gasteiger partial charge on any atom is 0.0563 e. The summed E-state index contributed by atoms with van der Waals surface area (Å²) in [7, 11) is 0. The summed E-state index contributed by atoms with van der Waals surface area (Å²) in [6, 6.07) is 0. The fourth-order valence-electron chi connectivity index (χ4n) is 1.71. The summed E-state index contributed by atoms with van der Waals surface area (Å²) in [4.78, 5) is 4.49. The van der Waals surface area contributed by atoms with Crippen LogP contribution in [0.25, 0.3) is 0 Å². The SMILES string of the molecule is CC1(C)CSC=NC(C)(C)C1. The van der Waals surface area contributed by atoms with Crippen LogP contribution in [0.3, 0.4) is 0 Å². The third kappa shape index (κ3) is 2.86. The summed E-state index contributed by atoms with van der Waals surface area (Å²) in [5, 5.41) is 0. The summed E-state index contributed by atoms with van der Waals surface area (Å²) < 4.78 is 0. The van der Waals surface area contributed by atoms with Crippen LogP contribution in [0, 0.1) is 5.41 Å². The molecule has 1 nitrogen and oxygen atoms in total. The number of hydrogen-bond donors (Lipinski definition) is 0. The van der Waals surface area contributed by atoms with Crippen molar-refractivity contribution < 1.29 is 0 Å². The van der Waals surface area contributed by atoms with E-state index in [9.17, 15) is 0 Å². The maximum atomic E-state index is 4.49. The first-order chi connectivity index (χ1) is 4.91. The Hall–Kier alpha value is 0.0200. The summed E-state index contributed by atoms with van der Waals surface area (Å²) in [6.45, 7) is 9.04. The van der Waals surface area contributed by atoms with E-state index in [0.29, 0.717) is 5.41 Å². The van der Waals surface area contributed by atoms with E-state index in [1.165, 1.54) is 12.2 Å². The molecular formula is C9H17NS. The van der Waals surface area contributed by atoms with Gasteiger partial charge in [0.05, 0.1) is 11.1 Å². The molecule has 0 atom stereocenters. The van der Waals surface area contributed by atoms with Gasteiger partial charge < -0.3 is 0 Å². The predicted octanol–water partition coefficient (Wildman–Crippen LogP) is 2.96. The highest BCUT2D eigenvalue weighted by Gasteiger charge is 2.29. The molecule has 11 heavy (non-hydrogen) atoms. The quantitative estimate of drug-likeness (QED) is 0.546. The molecule has 64 valence electrons. The molecule has 0 aromatic rings. The van der Waals surface area contributed by atoms with Crippen molar-refractivity contribution in [3.8, 4) is 0 Å². The topological polar surface area (TPSA) is 12.4 Å². The number of rotatable bonds is 0. The van der Waals surface area contributed by atoms with Crippen LogP contribution in [-0.2, 0) is 0 Å². The molecule has 1 heterocycles. The van der Waals surface area contributed by atoms with Crippen LogP contribution in [0.2, 0.25) is 0 Å². The maximum absolute atomic E-state index is 4.49. The Morgan fingerprint density at radius 2 is 1.91 bits per heavy atom. The first-order valence-corrected chi connectivity index (χ1v) is 5.12. The van der Waals surface area contributed by atoms with E-state index in [1.54, 1.807) is 0 Å². The number of aliphatic imine (C=N–C) groups is 1. The van der Waals surface area contributed by atoms with Crippen molar-refractivity contribution in [2.75, 3.05) is 5.75 Å². The van der Waals surface area contributed by atoms with Gasteiger partial charge in [-0.05, 0) is 25.7 Å². The second kappa shape index (κ2) is 2.81. The summed E-state index contributed by atoms with van der Waals surface area (Å²) in [5.74, 6) is 1.19. The molecule has 0 amide bonds. The Morgan fingerprint density at radius 3 is 2.55 bits per heavy atom. The summed E-state index contributed by atoms with van der Waals surface area (Å²) >= 11 is 1.83. The van der Waals surface area contributed by atoms with Crippen LogP contribution in [0.5, 0.6) is 0 Å². The Kier molecular flexibility index (Phi) is 2.33. The van der Waals surface area contributed by atoms with Crippen LogP contribution in [0.1, 0.15) is 34.1 Å². The van der Waals surface area contributed by atoms with Gasteiger partial charge in [-0.25, -0.2) is 0 Å². The molecule has 1 aliphatic rings. The van der Waals surface area contributed by atoms with Gasteiger partial charge in [0.25, 0.3) is 0 Å². The van der Waals surface area contributed by atoms with Gasteiger partial charge in [-0.1, -0.05) is 13.8 Å². The lowest BCUT2D eigenvalue weighted by molar-refractivity contribution is 0.298. The molecule has 0 bridgehead atoms. The first kappa shape index (κ1) is 9.11. The third-order valence-electron chi connectivity index (χ3n) is 1.86. The zero-order valence-electron chi connectivity index (χ0n) is 7.85. The second-order valence-corrected chi connectivity index (χ2v) is 5.53. The van der Waals surface area contributed by atoms with Crippen molar-refractivity contribution in [2.45, 2.75) is 39.7 Å². The molecule has 0 unspecified atom stereocenters. The van der Waals surface area contributed by atoms with Gasteiger partial charge in [-0.15, -0.1) is 11.8 Å². The lowest BCUT2D eigenvalue weighted by Gasteiger charge is -2.29. The van der Waals surface area contributed by atoms with E-state index >= 15 is 0 Å². The minimum Gasteiger partial charge on any atom is -0.280 e. The molecule has 0 aromatic heterocycles. The average Bonchev–Trinajstić information content (AvgIpc) is 1.86. The van der Waals surface area contributed by atoms with Crippen molar-refractivity contribution in [3.63, 3.8) is 0 Å². The van der Waals surface area contributed by atoms with Crippen molar-refractivity contribution >= 4 is 17.3 Å². The Balaban J connectivity index is 2.72. The second-order valence-electron chi connectivity index (χ2n) is 4.70. The minimum atomic E-state index is 0.146. The van der Waals surface area contributed by atoms with E-state index in [4.69, 9.17) is 0 Å². The Labute approximate surface area is 73.7 Å². The third-order valence-corrected chi connectivity index (χ3v) is 3.06. The minimum absolute atomic E-state index is 0.146. The lowest BCUT2D eigenvalue weighted by Crippen LogP contribution is -2.26. The van der Waals surface area contributed by atoms with Gasteiger partial charge in [0.2, 0.25) is 0 Å². The van der Waals surface area contributed by atoms with Crippen LogP contribution >= 0.6 is 11.8 Å². The zero-order valence-corrected chi connectivity index (χ0v) is 8.66. The molecule has 0 aromatic carbocycles. The van der Waals surface area contributed by atoms with Gasteiger partial charge in [0, 0.05) is 5.75 Å². The number of thioether (sulfide) groups is 1. The summed E-state index contributed by atoms with van der Waals surface area (Å²) in [5.41, 5.74) is 2.59. The fraction of sp³-hybridized carbons (Fsp3) is 0.889.